The molecule has 1 aliphatic heterocycles. The molecule has 7 nitrogen and oxygen atoms in total. The van der Waals surface area contributed by atoms with Gasteiger partial charge in [0.05, 0.1) is 18.0 Å². The summed E-state index contributed by atoms with van der Waals surface area (Å²) in [4.78, 5) is 31.3. The molecule has 20 heavy (non-hydrogen) atoms. The Morgan fingerprint density at radius 1 is 1.45 bits per heavy atom. The third-order valence-electron chi connectivity index (χ3n) is 3.47. The van der Waals surface area contributed by atoms with E-state index in [0.29, 0.717) is 25.1 Å². The molecule has 0 atom stereocenters. The van der Waals surface area contributed by atoms with Crippen LogP contribution in [0.5, 0.6) is 0 Å². The molecule has 1 fully saturated rings. The van der Waals surface area contributed by atoms with E-state index >= 15 is 0 Å². The van der Waals surface area contributed by atoms with E-state index in [4.69, 9.17) is 9.84 Å². The predicted molar refractivity (Wildman–Crippen MR) is 70.9 cm³/mol. The lowest BCUT2D eigenvalue weighted by atomic mass is 9.93. The lowest BCUT2D eigenvalue weighted by Gasteiger charge is -2.39. The Bertz CT molecular complexity index is 481. The molecule has 0 spiro atoms. The molecular formula is C13H17N3O4. The van der Waals surface area contributed by atoms with Gasteiger partial charge in [0.2, 0.25) is 0 Å². The summed E-state index contributed by atoms with van der Waals surface area (Å²) in [6.45, 7) is 3.08. The molecule has 0 unspecified atom stereocenters. The first-order chi connectivity index (χ1) is 9.52. The van der Waals surface area contributed by atoms with Crippen LogP contribution < -0.4 is 4.90 Å². The molecule has 2 heterocycles. The number of piperidine rings is 1. The maximum atomic E-state index is 10.5. The van der Waals surface area contributed by atoms with E-state index in [1.165, 1.54) is 6.20 Å². The first-order valence-corrected chi connectivity index (χ1v) is 6.40. The molecule has 1 N–H and O–H groups in total. The summed E-state index contributed by atoms with van der Waals surface area (Å²) in [6.07, 6.45) is 5.11. The van der Waals surface area contributed by atoms with Crippen molar-refractivity contribution < 1.29 is 19.4 Å². The molecule has 0 bridgehead atoms. The molecule has 0 aromatic carbocycles. The van der Waals surface area contributed by atoms with Crippen LogP contribution in [0.1, 0.15) is 30.3 Å². The van der Waals surface area contributed by atoms with E-state index in [-0.39, 0.29) is 6.61 Å². The lowest BCUT2D eigenvalue weighted by molar-refractivity contribution is -0.150. The molecular weight excluding hydrogens is 262 g/mol. The average Bonchev–Trinajstić information content (AvgIpc) is 2.46. The topological polar surface area (TPSA) is 92.6 Å². The number of carboxylic acids is 1. The van der Waals surface area contributed by atoms with E-state index < -0.39 is 11.6 Å². The van der Waals surface area contributed by atoms with Gasteiger partial charge in [-0.3, -0.25) is 4.79 Å². The predicted octanol–water partition coefficient (Wildman–Crippen LogP) is 0.749. The van der Waals surface area contributed by atoms with Gasteiger partial charge in [-0.2, -0.15) is 0 Å². The van der Waals surface area contributed by atoms with Crippen molar-refractivity contribution in [3.05, 3.63) is 18.1 Å². The standard InChI is InChI=1S/C13H17N3O4/c1-13(20-9-12(18)19)2-4-16(5-3-13)11-7-14-10(8-17)6-15-11/h6-8H,2-5,9H2,1H3,(H,18,19). The van der Waals surface area contributed by atoms with Crippen LogP contribution in [0.15, 0.2) is 12.4 Å². The average molecular weight is 279 g/mol. The Hall–Kier alpha value is -2.02. The van der Waals surface area contributed by atoms with E-state index in [0.717, 1.165) is 18.7 Å². The summed E-state index contributed by atoms with van der Waals surface area (Å²) in [5, 5.41) is 8.66. The van der Waals surface area contributed by atoms with Crippen molar-refractivity contribution in [2.45, 2.75) is 25.4 Å². The van der Waals surface area contributed by atoms with Crippen molar-refractivity contribution in [3.8, 4) is 0 Å². The smallest absolute Gasteiger partial charge is 0.329 e. The van der Waals surface area contributed by atoms with Crippen molar-refractivity contribution in [3.63, 3.8) is 0 Å². The van der Waals surface area contributed by atoms with E-state index in [1.54, 1.807) is 6.20 Å². The number of carboxylic acid groups (broad SMARTS) is 1. The van der Waals surface area contributed by atoms with E-state index in [2.05, 4.69) is 9.97 Å². The third kappa shape index (κ3) is 3.51. The van der Waals surface area contributed by atoms with Gasteiger partial charge in [0.1, 0.15) is 18.1 Å². The van der Waals surface area contributed by atoms with Gasteiger partial charge < -0.3 is 14.7 Å². The highest BCUT2D eigenvalue weighted by Gasteiger charge is 2.32. The van der Waals surface area contributed by atoms with E-state index in [9.17, 15) is 9.59 Å². The first kappa shape index (κ1) is 14.4. The van der Waals surface area contributed by atoms with Crippen LogP contribution >= 0.6 is 0 Å². The van der Waals surface area contributed by atoms with Crippen molar-refractivity contribution in [1.82, 2.24) is 9.97 Å². The summed E-state index contributed by atoms with van der Waals surface area (Å²) >= 11 is 0. The van der Waals surface area contributed by atoms with Crippen LogP contribution in [0, 0.1) is 0 Å². The summed E-state index contributed by atoms with van der Waals surface area (Å²) in [5.74, 6) is -0.236. The number of ether oxygens (including phenoxy) is 1. The highest BCUT2D eigenvalue weighted by atomic mass is 16.5. The van der Waals surface area contributed by atoms with Gasteiger partial charge in [-0.25, -0.2) is 14.8 Å². The highest BCUT2D eigenvalue weighted by Crippen LogP contribution is 2.27. The first-order valence-electron chi connectivity index (χ1n) is 6.40. The summed E-state index contributed by atoms with van der Waals surface area (Å²) in [5.41, 5.74) is -0.106. The van der Waals surface area contributed by atoms with Gasteiger partial charge in [0.25, 0.3) is 0 Å². The number of hydrogen-bond donors (Lipinski definition) is 1. The quantitative estimate of drug-likeness (QED) is 0.795. The van der Waals surface area contributed by atoms with Crippen LogP contribution in [-0.2, 0) is 9.53 Å². The van der Waals surface area contributed by atoms with Crippen LogP contribution in [0.2, 0.25) is 0 Å². The Morgan fingerprint density at radius 3 is 2.65 bits per heavy atom. The van der Waals surface area contributed by atoms with Crippen LogP contribution in [-0.4, -0.2) is 52.6 Å². The Balaban J connectivity index is 1.92. The lowest BCUT2D eigenvalue weighted by Crippen LogP contribution is -2.45. The highest BCUT2D eigenvalue weighted by molar-refractivity contribution is 5.71. The second kappa shape index (κ2) is 5.96. The zero-order valence-corrected chi connectivity index (χ0v) is 11.3. The third-order valence-corrected chi connectivity index (χ3v) is 3.47. The van der Waals surface area contributed by atoms with Gasteiger partial charge in [-0.1, -0.05) is 0 Å². The summed E-state index contributed by atoms with van der Waals surface area (Å²) in [6, 6.07) is 0. The van der Waals surface area contributed by atoms with Gasteiger partial charge in [-0.05, 0) is 19.8 Å². The fourth-order valence-electron chi connectivity index (χ4n) is 2.14. The SMILES string of the molecule is CC1(OCC(=O)O)CCN(c2cnc(C=O)cn2)CC1. The summed E-state index contributed by atoms with van der Waals surface area (Å²) in [7, 11) is 0. The summed E-state index contributed by atoms with van der Waals surface area (Å²) < 4.78 is 5.44. The number of carbonyl (C=O) groups excluding carboxylic acids is 1. The molecule has 2 rings (SSSR count). The molecule has 0 saturated carbocycles. The number of anilines is 1. The molecule has 1 aliphatic rings. The zero-order chi connectivity index (χ0) is 14.6. The number of nitrogens with zero attached hydrogens (tertiary/aromatic N) is 3. The minimum absolute atomic E-state index is 0.273. The number of rotatable bonds is 5. The minimum atomic E-state index is -0.955. The van der Waals surface area contributed by atoms with Crippen molar-refractivity contribution in [2.75, 3.05) is 24.6 Å². The monoisotopic (exact) mass is 279 g/mol. The largest absolute Gasteiger partial charge is 0.480 e. The fourth-order valence-corrected chi connectivity index (χ4v) is 2.14. The zero-order valence-electron chi connectivity index (χ0n) is 11.3. The number of aldehydes is 1. The Labute approximate surface area is 116 Å². The number of aromatic nitrogens is 2. The maximum absolute atomic E-state index is 10.5. The van der Waals surface area contributed by atoms with Crippen molar-refractivity contribution >= 4 is 18.1 Å². The minimum Gasteiger partial charge on any atom is -0.480 e. The van der Waals surface area contributed by atoms with E-state index in [1.807, 2.05) is 11.8 Å². The molecule has 1 aromatic rings. The van der Waals surface area contributed by atoms with Crippen molar-refractivity contribution in [1.29, 1.82) is 0 Å². The molecule has 0 aliphatic carbocycles. The number of hydrogen-bond acceptors (Lipinski definition) is 6. The van der Waals surface area contributed by atoms with Crippen LogP contribution in [0.4, 0.5) is 5.82 Å². The molecule has 108 valence electrons. The van der Waals surface area contributed by atoms with Crippen LogP contribution in [0.3, 0.4) is 0 Å². The van der Waals surface area contributed by atoms with Gasteiger partial charge in [-0.15, -0.1) is 0 Å². The Morgan fingerprint density at radius 2 is 2.15 bits per heavy atom. The molecule has 1 aromatic heterocycles. The van der Waals surface area contributed by atoms with Crippen LogP contribution in [0.25, 0.3) is 0 Å². The van der Waals surface area contributed by atoms with Crippen molar-refractivity contribution in [2.24, 2.45) is 0 Å². The van der Waals surface area contributed by atoms with Gasteiger partial charge in [0, 0.05) is 13.1 Å². The van der Waals surface area contributed by atoms with Gasteiger partial charge >= 0.3 is 5.97 Å². The number of aliphatic carboxylic acids is 1. The maximum Gasteiger partial charge on any atom is 0.329 e. The molecule has 0 amide bonds. The Kier molecular flexibility index (Phi) is 4.29. The normalized spacial score (nSPS) is 17.8. The molecule has 1 saturated heterocycles. The molecule has 7 heteroatoms. The second-order valence-electron chi connectivity index (χ2n) is 5.04. The number of carbonyl (C=O) groups is 2. The molecule has 0 radical (unpaired) electrons. The second-order valence-corrected chi connectivity index (χ2v) is 5.04. The van der Waals surface area contributed by atoms with Gasteiger partial charge in [0.15, 0.2) is 6.29 Å². The fraction of sp³-hybridized carbons (Fsp3) is 0.538.